The van der Waals surface area contributed by atoms with Crippen LogP contribution in [0.25, 0.3) is 5.57 Å². The zero-order valence-corrected chi connectivity index (χ0v) is 11.9. The van der Waals surface area contributed by atoms with Gasteiger partial charge in [-0.2, -0.15) is 0 Å². The third-order valence-corrected chi connectivity index (χ3v) is 3.62. The summed E-state index contributed by atoms with van der Waals surface area (Å²) in [5, 5.41) is 39.4. The Bertz CT molecular complexity index is 776. The van der Waals surface area contributed by atoms with Gasteiger partial charge < -0.3 is 25.2 Å². The molecule has 0 bridgehead atoms. The number of rotatable bonds is 3. The van der Waals surface area contributed by atoms with Crippen molar-refractivity contribution in [1.82, 2.24) is 0 Å². The molecule has 3 rings (SSSR count). The van der Waals surface area contributed by atoms with Gasteiger partial charge in [0.25, 0.3) is 0 Å². The minimum absolute atomic E-state index is 0.0150. The van der Waals surface area contributed by atoms with Crippen molar-refractivity contribution >= 4 is 11.5 Å². The fourth-order valence-corrected chi connectivity index (χ4v) is 2.55. The molecule has 0 amide bonds. The zero-order chi connectivity index (χ0) is 16.6. The summed E-state index contributed by atoms with van der Waals surface area (Å²) < 4.78 is 4.96. The van der Waals surface area contributed by atoms with Crippen molar-refractivity contribution < 1.29 is 30.0 Å². The average molecular weight is 314 g/mol. The Morgan fingerprint density at radius 1 is 0.870 bits per heavy atom. The number of phenolic OH excluding ortho intramolecular Hbond substituents is 2. The lowest BCUT2D eigenvalue weighted by Crippen LogP contribution is -2.33. The number of benzene rings is 2. The van der Waals surface area contributed by atoms with Crippen LogP contribution in [0.1, 0.15) is 11.1 Å². The number of hydrogen-bond acceptors (Lipinski definition) is 6. The van der Waals surface area contributed by atoms with Gasteiger partial charge in [0.1, 0.15) is 11.5 Å². The number of aliphatic hydroxyl groups excluding tert-OH is 1. The molecule has 118 valence electrons. The predicted octanol–water partition coefficient (Wildman–Crippen LogP) is 1.85. The Hall–Kier alpha value is -2.99. The van der Waals surface area contributed by atoms with Gasteiger partial charge in [-0.05, 0) is 35.4 Å². The highest BCUT2D eigenvalue weighted by Gasteiger charge is 2.47. The molecular formula is C17H14O6. The number of esters is 1. The number of phenols is 2. The first kappa shape index (κ1) is 14.9. The number of carbonyl (C=O) groups is 1. The van der Waals surface area contributed by atoms with E-state index in [0.717, 1.165) is 0 Å². The molecule has 1 heterocycles. The number of aliphatic hydroxyl groups is 2. The molecule has 0 spiro atoms. The molecule has 0 fully saturated rings. The molecule has 1 aliphatic rings. The van der Waals surface area contributed by atoms with Crippen LogP contribution in [0.15, 0.2) is 54.3 Å². The van der Waals surface area contributed by atoms with Crippen LogP contribution in [0, 0.1) is 0 Å². The Kier molecular flexibility index (Phi) is 3.46. The topological polar surface area (TPSA) is 107 Å². The summed E-state index contributed by atoms with van der Waals surface area (Å²) in [6.07, 6.45) is -0.0979. The first-order valence-electron chi connectivity index (χ1n) is 6.86. The molecule has 0 aliphatic carbocycles. The molecule has 1 atom stereocenters. The molecule has 0 radical (unpaired) electrons. The Morgan fingerprint density at radius 3 is 1.96 bits per heavy atom. The minimum Gasteiger partial charge on any atom is -0.508 e. The van der Waals surface area contributed by atoms with Gasteiger partial charge in [0, 0.05) is 6.42 Å². The van der Waals surface area contributed by atoms with Crippen molar-refractivity contribution in [2.75, 3.05) is 0 Å². The van der Waals surface area contributed by atoms with Crippen LogP contribution in [0.5, 0.6) is 11.5 Å². The van der Waals surface area contributed by atoms with Crippen molar-refractivity contribution in [3.8, 4) is 11.5 Å². The molecule has 23 heavy (non-hydrogen) atoms. The van der Waals surface area contributed by atoms with Crippen molar-refractivity contribution in [3.05, 3.63) is 65.4 Å². The molecule has 2 aromatic carbocycles. The zero-order valence-electron chi connectivity index (χ0n) is 11.9. The Balaban J connectivity index is 2.01. The summed E-state index contributed by atoms with van der Waals surface area (Å²) >= 11 is 0. The van der Waals surface area contributed by atoms with Gasteiger partial charge in [-0.25, -0.2) is 4.79 Å². The number of cyclic esters (lactones) is 1. The highest BCUT2D eigenvalue weighted by Crippen LogP contribution is 2.40. The molecular weight excluding hydrogens is 300 g/mol. The maximum Gasteiger partial charge on any atom is 0.376 e. The molecule has 0 saturated carbocycles. The third kappa shape index (κ3) is 2.72. The largest absolute Gasteiger partial charge is 0.508 e. The second-order valence-electron chi connectivity index (χ2n) is 5.29. The summed E-state index contributed by atoms with van der Waals surface area (Å²) in [6.45, 7) is 0. The third-order valence-electron chi connectivity index (χ3n) is 3.62. The Labute approximate surface area is 131 Å². The van der Waals surface area contributed by atoms with Crippen molar-refractivity contribution in [1.29, 1.82) is 0 Å². The van der Waals surface area contributed by atoms with E-state index in [-0.39, 0.29) is 23.5 Å². The SMILES string of the molecule is O=C1O[C@](O)(Cc2ccc(O)cc2)C(c2ccc(O)cc2)=C1O. The van der Waals surface area contributed by atoms with E-state index >= 15 is 0 Å². The number of carbonyl (C=O) groups excluding carboxylic acids is 1. The van der Waals surface area contributed by atoms with Crippen LogP contribution in [-0.4, -0.2) is 32.2 Å². The highest BCUT2D eigenvalue weighted by atomic mass is 16.7. The second kappa shape index (κ2) is 5.33. The predicted molar refractivity (Wildman–Crippen MR) is 80.5 cm³/mol. The lowest BCUT2D eigenvalue weighted by molar-refractivity contribution is -0.176. The van der Waals surface area contributed by atoms with Gasteiger partial charge >= 0.3 is 5.97 Å². The molecule has 4 N–H and O–H groups in total. The maximum atomic E-state index is 11.7. The van der Waals surface area contributed by atoms with Gasteiger partial charge in [0.2, 0.25) is 11.5 Å². The quantitative estimate of drug-likeness (QED) is 0.644. The van der Waals surface area contributed by atoms with E-state index in [0.29, 0.717) is 11.1 Å². The van der Waals surface area contributed by atoms with Gasteiger partial charge in [-0.1, -0.05) is 24.3 Å². The van der Waals surface area contributed by atoms with Crippen LogP contribution in [0.3, 0.4) is 0 Å². The first-order chi connectivity index (χ1) is 10.9. The summed E-state index contributed by atoms with van der Waals surface area (Å²) in [5.74, 6) is -3.64. The molecule has 6 heteroatoms. The number of ether oxygens (including phenoxy) is 1. The van der Waals surface area contributed by atoms with E-state index in [1.165, 1.54) is 36.4 Å². The Morgan fingerprint density at radius 2 is 1.39 bits per heavy atom. The average Bonchev–Trinajstić information content (AvgIpc) is 2.73. The maximum absolute atomic E-state index is 11.7. The van der Waals surface area contributed by atoms with E-state index in [9.17, 15) is 25.2 Å². The molecule has 0 saturated heterocycles. The summed E-state index contributed by atoms with van der Waals surface area (Å²) in [5.41, 5.74) is 0.895. The van der Waals surface area contributed by atoms with Gasteiger partial charge in [0.15, 0.2) is 0 Å². The fraction of sp³-hybridized carbons (Fsp3) is 0.118. The summed E-state index contributed by atoms with van der Waals surface area (Å²) in [7, 11) is 0. The van der Waals surface area contributed by atoms with E-state index in [1.807, 2.05) is 0 Å². The van der Waals surface area contributed by atoms with Crippen molar-refractivity contribution in [2.45, 2.75) is 12.2 Å². The lowest BCUT2D eigenvalue weighted by atomic mass is 9.92. The van der Waals surface area contributed by atoms with E-state index in [1.54, 1.807) is 12.1 Å². The van der Waals surface area contributed by atoms with Gasteiger partial charge in [0.05, 0.1) is 5.57 Å². The molecule has 0 unspecified atom stereocenters. The van der Waals surface area contributed by atoms with Crippen LogP contribution in [0.2, 0.25) is 0 Å². The minimum atomic E-state index is -2.03. The molecule has 0 aromatic heterocycles. The van der Waals surface area contributed by atoms with E-state index in [4.69, 9.17) is 4.74 Å². The fourth-order valence-electron chi connectivity index (χ4n) is 2.55. The van der Waals surface area contributed by atoms with Crippen LogP contribution in [0.4, 0.5) is 0 Å². The van der Waals surface area contributed by atoms with Gasteiger partial charge in [-0.15, -0.1) is 0 Å². The first-order valence-corrected chi connectivity index (χ1v) is 6.86. The lowest BCUT2D eigenvalue weighted by Gasteiger charge is -2.24. The molecule has 1 aliphatic heterocycles. The standard InChI is InChI=1S/C17H14O6/c18-12-5-1-10(2-6-12)9-17(22)14(15(20)16(21)23-17)11-3-7-13(19)8-4-11/h1-8,18-20,22H,9H2/t17-/m1/s1. The summed E-state index contributed by atoms with van der Waals surface area (Å²) in [4.78, 5) is 11.7. The summed E-state index contributed by atoms with van der Waals surface area (Å²) in [6, 6.07) is 11.7. The molecule has 6 nitrogen and oxygen atoms in total. The van der Waals surface area contributed by atoms with Crippen molar-refractivity contribution in [3.63, 3.8) is 0 Å². The van der Waals surface area contributed by atoms with E-state index in [2.05, 4.69) is 0 Å². The van der Waals surface area contributed by atoms with Gasteiger partial charge in [-0.3, -0.25) is 0 Å². The van der Waals surface area contributed by atoms with E-state index < -0.39 is 17.5 Å². The smallest absolute Gasteiger partial charge is 0.376 e. The van der Waals surface area contributed by atoms with Crippen LogP contribution >= 0.6 is 0 Å². The molecule has 2 aromatic rings. The highest BCUT2D eigenvalue weighted by molar-refractivity contribution is 6.01. The monoisotopic (exact) mass is 314 g/mol. The normalized spacial score (nSPS) is 20.7. The number of hydrogen-bond donors (Lipinski definition) is 4. The van der Waals surface area contributed by atoms with Crippen LogP contribution in [-0.2, 0) is 16.0 Å². The van der Waals surface area contributed by atoms with Crippen molar-refractivity contribution in [2.24, 2.45) is 0 Å². The number of aromatic hydroxyl groups is 2. The van der Waals surface area contributed by atoms with Crippen LogP contribution < -0.4 is 0 Å². The second-order valence-corrected chi connectivity index (χ2v) is 5.29.